The minimum absolute atomic E-state index is 0.0825. The number of nitrogens with one attached hydrogen (secondary N) is 1. The standard InChI is InChI=1S/C21H28N4O5S/c1-5-30-16(27)7-22-19(28)18-14(4)17-20(31-18)23-11-25(21(17)29)10-15(26)24-8-12(2)6-13(3)9-24/h11-13H,5-10H2,1-4H3,(H,22,28)/t12-,13-/m0/s1. The van der Waals surface area contributed by atoms with Gasteiger partial charge in [-0.25, -0.2) is 4.98 Å². The number of fused-ring (bicyclic) bond motifs is 1. The number of ether oxygens (including phenoxy) is 1. The molecule has 0 radical (unpaired) electrons. The van der Waals surface area contributed by atoms with E-state index in [1.54, 1.807) is 13.8 Å². The van der Waals surface area contributed by atoms with Crippen LogP contribution in [-0.2, 0) is 20.9 Å². The number of nitrogens with zero attached hydrogens (tertiary/aromatic N) is 3. The number of aryl methyl sites for hydroxylation is 1. The first-order valence-electron chi connectivity index (χ1n) is 10.4. The van der Waals surface area contributed by atoms with E-state index in [0.29, 0.717) is 45.6 Å². The van der Waals surface area contributed by atoms with Crippen LogP contribution in [0.3, 0.4) is 0 Å². The van der Waals surface area contributed by atoms with Gasteiger partial charge in [0.25, 0.3) is 11.5 Å². The zero-order valence-corrected chi connectivity index (χ0v) is 19.1. The molecule has 168 valence electrons. The van der Waals surface area contributed by atoms with E-state index in [9.17, 15) is 19.2 Å². The maximum Gasteiger partial charge on any atom is 0.325 e. The molecule has 0 bridgehead atoms. The smallest absolute Gasteiger partial charge is 0.325 e. The summed E-state index contributed by atoms with van der Waals surface area (Å²) in [5.74, 6) is -0.247. The molecule has 2 aromatic rings. The molecule has 0 spiro atoms. The number of piperidine rings is 1. The highest BCUT2D eigenvalue weighted by molar-refractivity contribution is 7.20. The average Bonchev–Trinajstić information content (AvgIpc) is 3.05. The first-order valence-corrected chi connectivity index (χ1v) is 11.2. The summed E-state index contributed by atoms with van der Waals surface area (Å²) in [6.45, 7) is 8.88. The molecule has 1 aliphatic rings. The Balaban J connectivity index is 1.80. The van der Waals surface area contributed by atoms with Gasteiger partial charge in [0, 0.05) is 13.1 Å². The molecule has 3 heterocycles. The summed E-state index contributed by atoms with van der Waals surface area (Å²) in [7, 11) is 0. The Bertz CT molecular complexity index is 1050. The van der Waals surface area contributed by atoms with Gasteiger partial charge in [0.05, 0.1) is 23.2 Å². The van der Waals surface area contributed by atoms with Crippen LogP contribution in [0, 0.1) is 18.8 Å². The van der Waals surface area contributed by atoms with Crippen molar-refractivity contribution in [2.24, 2.45) is 11.8 Å². The summed E-state index contributed by atoms with van der Waals surface area (Å²) in [5, 5.41) is 2.82. The zero-order valence-electron chi connectivity index (χ0n) is 18.3. The Morgan fingerprint density at radius 3 is 2.58 bits per heavy atom. The Hall–Kier alpha value is -2.75. The van der Waals surface area contributed by atoms with Gasteiger partial charge in [-0.3, -0.25) is 23.7 Å². The SMILES string of the molecule is CCOC(=O)CNC(=O)c1sc2ncn(CC(=O)N3C[C@@H](C)C[C@H](C)C3)c(=O)c2c1C. The molecule has 2 aromatic heterocycles. The van der Waals surface area contributed by atoms with Gasteiger partial charge in [0.2, 0.25) is 5.91 Å². The fourth-order valence-corrected chi connectivity index (χ4v) is 5.10. The Labute approximate surface area is 184 Å². The first-order chi connectivity index (χ1) is 14.7. The third kappa shape index (κ3) is 5.12. The molecule has 0 aliphatic carbocycles. The third-order valence-corrected chi connectivity index (χ3v) is 6.55. The van der Waals surface area contributed by atoms with E-state index in [-0.39, 0.29) is 31.2 Å². The van der Waals surface area contributed by atoms with E-state index in [2.05, 4.69) is 24.1 Å². The van der Waals surface area contributed by atoms with Crippen LogP contribution in [0.5, 0.6) is 0 Å². The van der Waals surface area contributed by atoms with Gasteiger partial charge in [-0.2, -0.15) is 0 Å². The van der Waals surface area contributed by atoms with Crippen molar-refractivity contribution in [2.45, 2.75) is 40.7 Å². The molecular weight excluding hydrogens is 420 g/mol. The Kier molecular flexibility index (Phi) is 7.09. The molecule has 0 unspecified atom stereocenters. The molecular formula is C21H28N4O5S. The predicted octanol–water partition coefficient (Wildman–Crippen LogP) is 1.56. The lowest BCUT2D eigenvalue weighted by Crippen LogP contribution is -2.44. The van der Waals surface area contributed by atoms with E-state index in [4.69, 9.17) is 4.74 Å². The second kappa shape index (κ2) is 9.59. The summed E-state index contributed by atoms with van der Waals surface area (Å²) in [6.07, 6.45) is 2.45. The lowest BCUT2D eigenvalue weighted by Gasteiger charge is -2.35. The van der Waals surface area contributed by atoms with Gasteiger partial charge in [-0.1, -0.05) is 13.8 Å². The van der Waals surface area contributed by atoms with Gasteiger partial charge in [-0.15, -0.1) is 11.3 Å². The molecule has 1 fully saturated rings. The van der Waals surface area contributed by atoms with E-state index in [0.717, 1.165) is 17.8 Å². The highest BCUT2D eigenvalue weighted by Gasteiger charge is 2.26. The maximum absolute atomic E-state index is 13.0. The number of carbonyl (C=O) groups is 3. The Morgan fingerprint density at radius 2 is 1.94 bits per heavy atom. The van der Waals surface area contributed by atoms with Crippen molar-refractivity contribution < 1.29 is 19.1 Å². The van der Waals surface area contributed by atoms with Crippen LogP contribution in [0.15, 0.2) is 11.1 Å². The van der Waals surface area contributed by atoms with Gasteiger partial charge >= 0.3 is 5.97 Å². The van der Waals surface area contributed by atoms with Crippen LogP contribution in [0.1, 0.15) is 42.4 Å². The fraction of sp³-hybridized carbons (Fsp3) is 0.571. The number of amides is 2. The normalized spacial score (nSPS) is 18.8. The molecule has 31 heavy (non-hydrogen) atoms. The fourth-order valence-electron chi connectivity index (χ4n) is 4.05. The number of hydrogen-bond acceptors (Lipinski definition) is 7. The topological polar surface area (TPSA) is 111 Å². The van der Waals surface area contributed by atoms with Crippen molar-refractivity contribution in [1.29, 1.82) is 0 Å². The van der Waals surface area contributed by atoms with Crippen LogP contribution < -0.4 is 10.9 Å². The summed E-state index contributed by atoms with van der Waals surface area (Å²) in [4.78, 5) is 56.6. The van der Waals surface area contributed by atoms with Crippen LogP contribution in [0.2, 0.25) is 0 Å². The Morgan fingerprint density at radius 1 is 1.26 bits per heavy atom. The first kappa shape index (κ1) is 22.9. The molecule has 1 N–H and O–H groups in total. The zero-order chi connectivity index (χ0) is 22.7. The molecule has 1 aliphatic heterocycles. The highest BCUT2D eigenvalue weighted by atomic mass is 32.1. The molecule has 1 saturated heterocycles. The molecule has 3 rings (SSSR count). The largest absolute Gasteiger partial charge is 0.465 e. The minimum Gasteiger partial charge on any atom is -0.465 e. The number of carbonyl (C=O) groups excluding carboxylic acids is 3. The number of thiophene rings is 1. The van der Waals surface area contributed by atoms with Crippen molar-refractivity contribution in [3.63, 3.8) is 0 Å². The maximum atomic E-state index is 13.0. The van der Waals surface area contributed by atoms with Crippen molar-refractivity contribution in [1.82, 2.24) is 19.8 Å². The van der Waals surface area contributed by atoms with Crippen molar-refractivity contribution in [2.75, 3.05) is 26.2 Å². The van der Waals surface area contributed by atoms with Crippen molar-refractivity contribution in [3.05, 3.63) is 27.1 Å². The quantitative estimate of drug-likeness (QED) is 0.672. The number of esters is 1. The monoisotopic (exact) mass is 448 g/mol. The van der Waals surface area contributed by atoms with Crippen molar-refractivity contribution >= 4 is 39.3 Å². The average molecular weight is 449 g/mol. The second-order valence-electron chi connectivity index (χ2n) is 8.15. The van der Waals surface area contributed by atoms with Gasteiger partial charge in [-0.05, 0) is 37.7 Å². The minimum atomic E-state index is -0.532. The molecule has 0 saturated carbocycles. The second-order valence-corrected chi connectivity index (χ2v) is 9.15. The van der Waals surface area contributed by atoms with Crippen LogP contribution >= 0.6 is 11.3 Å². The lowest BCUT2D eigenvalue weighted by atomic mass is 9.92. The van der Waals surface area contributed by atoms with E-state index < -0.39 is 11.9 Å². The molecule has 2 amide bonds. The molecule has 2 atom stereocenters. The van der Waals surface area contributed by atoms with Gasteiger partial charge < -0.3 is 15.0 Å². The number of rotatable bonds is 6. The van der Waals surface area contributed by atoms with Crippen LogP contribution in [0.4, 0.5) is 0 Å². The number of hydrogen-bond donors (Lipinski definition) is 1. The summed E-state index contributed by atoms with van der Waals surface area (Å²) < 4.78 is 6.10. The lowest BCUT2D eigenvalue weighted by molar-refractivity contribution is -0.141. The van der Waals surface area contributed by atoms with Crippen LogP contribution in [0.25, 0.3) is 10.2 Å². The number of aromatic nitrogens is 2. The molecule has 0 aromatic carbocycles. The van der Waals surface area contributed by atoms with E-state index in [1.165, 1.54) is 10.9 Å². The highest BCUT2D eigenvalue weighted by Crippen LogP contribution is 2.27. The summed E-state index contributed by atoms with van der Waals surface area (Å²) in [6, 6.07) is 0. The van der Waals surface area contributed by atoms with Crippen LogP contribution in [-0.4, -0.2) is 58.5 Å². The van der Waals surface area contributed by atoms with E-state index >= 15 is 0 Å². The molecule has 9 nitrogen and oxygen atoms in total. The molecule has 10 heteroatoms. The van der Waals surface area contributed by atoms with E-state index in [1.807, 2.05) is 4.90 Å². The van der Waals surface area contributed by atoms with Gasteiger partial charge in [0.1, 0.15) is 17.9 Å². The summed E-state index contributed by atoms with van der Waals surface area (Å²) in [5.41, 5.74) is 0.135. The van der Waals surface area contributed by atoms with Crippen molar-refractivity contribution in [3.8, 4) is 0 Å². The number of likely N-dealkylation sites (tertiary alicyclic amines) is 1. The summed E-state index contributed by atoms with van der Waals surface area (Å²) >= 11 is 1.08. The predicted molar refractivity (Wildman–Crippen MR) is 117 cm³/mol. The van der Waals surface area contributed by atoms with Gasteiger partial charge in [0.15, 0.2) is 0 Å². The third-order valence-electron chi connectivity index (χ3n) is 5.35.